The van der Waals surface area contributed by atoms with Crippen LogP contribution in [0.3, 0.4) is 0 Å². The zero-order valence-electron chi connectivity index (χ0n) is 19.8. The molecule has 1 unspecified atom stereocenters. The normalized spacial score (nSPS) is 15.3. The minimum atomic E-state index is -0.518. The zero-order chi connectivity index (χ0) is 24.8. The number of amides is 2. The number of aromatic amines is 1. The number of carbonyl (C=O) groups excluding carboxylic acids is 2. The number of methoxy groups -OCH3 is 1. The third-order valence-electron chi connectivity index (χ3n) is 5.41. The molecule has 2 aromatic carbocycles. The van der Waals surface area contributed by atoms with Gasteiger partial charge in [-0.05, 0) is 55.3 Å². The topological polar surface area (TPSA) is 118 Å². The molecule has 3 aromatic rings. The number of cyclic esters (lactones) is 1. The molecule has 4 rings (SSSR count). The van der Waals surface area contributed by atoms with E-state index in [2.05, 4.69) is 20.6 Å². The molecule has 0 spiro atoms. The van der Waals surface area contributed by atoms with E-state index < -0.39 is 12.2 Å². The van der Waals surface area contributed by atoms with Crippen molar-refractivity contribution in [3.05, 3.63) is 71.5 Å². The van der Waals surface area contributed by atoms with E-state index in [4.69, 9.17) is 14.2 Å². The minimum absolute atomic E-state index is 0.210. The van der Waals surface area contributed by atoms with Crippen molar-refractivity contribution in [2.24, 2.45) is 5.10 Å². The number of H-pyrrole nitrogens is 1. The van der Waals surface area contributed by atoms with Crippen LogP contribution < -0.4 is 14.8 Å². The number of benzene rings is 2. The summed E-state index contributed by atoms with van der Waals surface area (Å²) in [7, 11) is 1.59. The minimum Gasteiger partial charge on any atom is -0.493 e. The van der Waals surface area contributed by atoms with Crippen LogP contribution in [-0.2, 0) is 11.3 Å². The summed E-state index contributed by atoms with van der Waals surface area (Å²) in [4.78, 5) is 24.8. The summed E-state index contributed by atoms with van der Waals surface area (Å²) < 4.78 is 16.8. The van der Waals surface area contributed by atoms with Crippen molar-refractivity contribution < 1.29 is 23.8 Å². The molecule has 10 heteroatoms. The number of nitrogens with one attached hydrogen (secondary N) is 2. The second-order valence-corrected chi connectivity index (χ2v) is 7.74. The maximum absolute atomic E-state index is 12.6. The Labute approximate surface area is 202 Å². The summed E-state index contributed by atoms with van der Waals surface area (Å²) in [6, 6.07) is 14.3. The highest BCUT2D eigenvalue weighted by Crippen LogP contribution is 2.30. The largest absolute Gasteiger partial charge is 0.493 e. The molecule has 2 N–H and O–H groups in total. The van der Waals surface area contributed by atoms with E-state index in [0.29, 0.717) is 41.6 Å². The quantitative estimate of drug-likeness (QED) is 0.477. The van der Waals surface area contributed by atoms with Crippen LogP contribution in [0.2, 0.25) is 0 Å². The standard InChI is InChI=1S/C25H27N5O5/c1-4-20-23(17-8-11-21(33-3)22(14-17)34-5-2)29-30(25(32)35-20)15-16-6-9-18(10-7-16)27-24(31)19-12-13-26-28-19/h6-14,20H,4-5,15H2,1-3H3,(H,26,28)(H,27,31). The number of ether oxygens (including phenoxy) is 3. The SMILES string of the molecule is CCOc1cc(C2=NN(Cc3ccc(NC(=O)c4ccn[nH]4)cc3)C(=O)OC2CC)ccc1OC. The number of anilines is 1. The molecule has 1 aliphatic heterocycles. The smallest absolute Gasteiger partial charge is 0.431 e. The number of hydrogen-bond donors (Lipinski definition) is 2. The van der Waals surface area contributed by atoms with Crippen LogP contribution in [0.1, 0.15) is 41.9 Å². The second kappa shape index (κ2) is 10.7. The van der Waals surface area contributed by atoms with Crippen LogP contribution in [-0.4, -0.2) is 52.7 Å². The Bertz CT molecular complexity index is 1210. The lowest BCUT2D eigenvalue weighted by Gasteiger charge is -2.29. The number of hydrogen-bond acceptors (Lipinski definition) is 7. The van der Waals surface area contributed by atoms with Gasteiger partial charge in [-0.3, -0.25) is 9.89 Å². The van der Waals surface area contributed by atoms with E-state index in [9.17, 15) is 9.59 Å². The molecule has 0 fully saturated rings. The molecule has 0 saturated heterocycles. The third-order valence-corrected chi connectivity index (χ3v) is 5.41. The highest BCUT2D eigenvalue weighted by atomic mass is 16.6. The van der Waals surface area contributed by atoms with Gasteiger partial charge in [0.1, 0.15) is 17.5 Å². The van der Waals surface area contributed by atoms with Gasteiger partial charge in [0.25, 0.3) is 5.91 Å². The van der Waals surface area contributed by atoms with Crippen molar-refractivity contribution in [2.75, 3.05) is 19.0 Å². The predicted molar refractivity (Wildman–Crippen MR) is 130 cm³/mol. The van der Waals surface area contributed by atoms with Gasteiger partial charge in [0.05, 0.1) is 20.3 Å². The van der Waals surface area contributed by atoms with Crippen LogP contribution in [0.25, 0.3) is 0 Å². The van der Waals surface area contributed by atoms with Gasteiger partial charge in [-0.1, -0.05) is 19.1 Å². The Morgan fingerprint density at radius 2 is 1.94 bits per heavy atom. The molecule has 0 radical (unpaired) electrons. The first-order chi connectivity index (χ1) is 17.0. The van der Waals surface area contributed by atoms with Crippen molar-refractivity contribution >= 4 is 23.4 Å². The van der Waals surface area contributed by atoms with Gasteiger partial charge >= 0.3 is 6.09 Å². The highest BCUT2D eigenvalue weighted by Gasteiger charge is 2.31. The second-order valence-electron chi connectivity index (χ2n) is 7.74. The van der Waals surface area contributed by atoms with E-state index >= 15 is 0 Å². The Morgan fingerprint density at radius 1 is 1.14 bits per heavy atom. The van der Waals surface area contributed by atoms with Gasteiger partial charge < -0.3 is 19.5 Å². The molecule has 2 amide bonds. The maximum Gasteiger partial charge on any atom is 0.431 e. The molecule has 10 nitrogen and oxygen atoms in total. The molecule has 182 valence electrons. The number of hydrazone groups is 1. The van der Waals surface area contributed by atoms with Crippen molar-refractivity contribution in [3.63, 3.8) is 0 Å². The fourth-order valence-electron chi connectivity index (χ4n) is 3.65. The zero-order valence-corrected chi connectivity index (χ0v) is 19.8. The molecule has 1 aliphatic rings. The summed E-state index contributed by atoms with van der Waals surface area (Å²) in [5.41, 5.74) is 3.23. The Kier molecular flexibility index (Phi) is 7.30. The lowest BCUT2D eigenvalue weighted by molar-refractivity contribution is 0.0712. The Balaban J connectivity index is 1.53. The van der Waals surface area contributed by atoms with Crippen LogP contribution in [0.15, 0.2) is 59.8 Å². The van der Waals surface area contributed by atoms with Crippen LogP contribution in [0, 0.1) is 0 Å². The Hall–Kier alpha value is -4.34. The third kappa shape index (κ3) is 5.43. The molecular weight excluding hydrogens is 450 g/mol. The lowest BCUT2D eigenvalue weighted by atomic mass is 10.0. The van der Waals surface area contributed by atoms with E-state index in [1.54, 1.807) is 25.3 Å². The Morgan fingerprint density at radius 3 is 2.60 bits per heavy atom. The van der Waals surface area contributed by atoms with Crippen LogP contribution in [0.4, 0.5) is 10.5 Å². The van der Waals surface area contributed by atoms with Crippen LogP contribution in [0.5, 0.6) is 11.5 Å². The monoisotopic (exact) mass is 477 g/mol. The molecule has 35 heavy (non-hydrogen) atoms. The van der Waals surface area contributed by atoms with Gasteiger partial charge in [0, 0.05) is 17.4 Å². The van der Waals surface area contributed by atoms with Crippen LogP contribution >= 0.6 is 0 Å². The van der Waals surface area contributed by atoms with E-state index in [1.807, 2.05) is 44.2 Å². The number of nitrogens with zero attached hydrogens (tertiary/aromatic N) is 3. The van der Waals surface area contributed by atoms with Gasteiger partial charge in [-0.25, -0.2) is 4.79 Å². The van der Waals surface area contributed by atoms with Crippen molar-refractivity contribution in [1.29, 1.82) is 0 Å². The highest BCUT2D eigenvalue weighted by molar-refractivity contribution is 6.06. The summed E-state index contributed by atoms with van der Waals surface area (Å²) >= 11 is 0. The molecule has 0 saturated carbocycles. The average Bonchev–Trinajstić information content (AvgIpc) is 3.42. The van der Waals surface area contributed by atoms with Gasteiger partial charge in [-0.2, -0.15) is 15.2 Å². The fraction of sp³-hybridized carbons (Fsp3) is 0.280. The first-order valence-corrected chi connectivity index (χ1v) is 11.3. The van der Waals surface area contributed by atoms with E-state index in [-0.39, 0.29) is 12.5 Å². The molecule has 0 bridgehead atoms. The molecule has 0 aliphatic carbocycles. The van der Waals surface area contributed by atoms with Gasteiger partial charge in [0.15, 0.2) is 11.5 Å². The molecular formula is C25H27N5O5. The first kappa shape index (κ1) is 23.8. The van der Waals surface area contributed by atoms with Crippen molar-refractivity contribution in [3.8, 4) is 11.5 Å². The fourth-order valence-corrected chi connectivity index (χ4v) is 3.65. The first-order valence-electron chi connectivity index (χ1n) is 11.3. The van der Waals surface area contributed by atoms with Gasteiger partial charge in [0.2, 0.25) is 0 Å². The molecule has 2 heterocycles. The predicted octanol–water partition coefficient (Wildman–Crippen LogP) is 4.20. The number of rotatable bonds is 9. The molecule has 1 aromatic heterocycles. The number of carbonyl (C=O) groups is 2. The van der Waals surface area contributed by atoms with E-state index in [0.717, 1.165) is 11.1 Å². The maximum atomic E-state index is 12.6. The van der Waals surface area contributed by atoms with Crippen molar-refractivity contribution in [1.82, 2.24) is 15.2 Å². The van der Waals surface area contributed by atoms with E-state index in [1.165, 1.54) is 11.2 Å². The summed E-state index contributed by atoms with van der Waals surface area (Å²) in [6.45, 7) is 4.54. The molecule has 1 atom stereocenters. The average molecular weight is 478 g/mol. The summed E-state index contributed by atoms with van der Waals surface area (Å²) in [5, 5.41) is 15.1. The lowest BCUT2D eigenvalue weighted by Crippen LogP contribution is -2.41. The number of aromatic nitrogens is 2. The summed E-state index contributed by atoms with van der Waals surface area (Å²) in [6.07, 6.45) is 1.11. The van der Waals surface area contributed by atoms with Gasteiger partial charge in [-0.15, -0.1) is 0 Å². The van der Waals surface area contributed by atoms with Crippen molar-refractivity contribution in [2.45, 2.75) is 32.9 Å². The summed E-state index contributed by atoms with van der Waals surface area (Å²) in [5.74, 6) is 0.926.